The summed E-state index contributed by atoms with van der Waals surface area (Å²) in [5, 5.41) is 3.96. The van der Waals surface area contributed by atoms with E-state index in [4.69, 9.17) is 9.72 Å². The lowest BCUT2D eigenvalue weighted by Gasteiger charge is -2.12. The molecular formula is C25H19FN4O3S. The molecule has 0 spiro atoms. The number of para-hydroxylation sites is 1. The molecule has 7 nitrogen and oxygen atoms in total. The van der Waals surface area contributed by atoms with Gasteiger partial charge in [0, 0.05) is 16.6 Å². The fourth-order valence-corrected chi connectivity index (χ4v) is 4.46. The van der Waals surface area contributed by atoms with Crippen molar-refractivity contribution < 1.29 is 13.9 Å². The van der Waals surface area contributed by atoms with Gasteiger partial charge in [-0.2, -0.15) is 0 Å². The third-order valence-corrected chi connectivity index (χ3v) is 6.22. The van der Waals surface area contributed by atoms with Gasteiger partial charge in [0.1, 0.15) is 22.6 Å². The van der Waals surface area contributed by atoms with Crippen LogP contribution in [0.2, 0.25) is 0 Å². The molecule has 2 heterocycles. The highest BCUT2D eigenvalue weighted by Crippen LogP contribution is 2.26. The van der Waals surface area contributed by atoms with E-state index in [1.54, 1.807) is 31.4 Å². The number of thioether (sulfide) groups is 1. The molecule has 0 saturated heterocycles. The smallest absolute Gasteiger partial charge is 0.283 e. The average Bonchev–Trinajstić information content (AvgIpc) is 3.23. The Balaban J connectivity index is 1.52. The zero-order valence-corrected chi connectivity index (χ0v) is 18.9. The van der Waals surface area contributed by atoms with Crippen molar-refractivity contribution in [1.29, 1.82) is 0 Å². The van der Waals surface area contributed by atoms with Gasteiger partial charge in [0.15, 0.2) is 5.16 Å². The Morgan fingerprint density at radius 3 is 2.56 bits per heavy atom. The first-order valence-corrected chi connectivity index (χ1v) is 11.4. The number of benzene rings is 3. The standard InChI is InChI=1S/C25H19FN4O3S/c1-33-18-12-8-16(9-13-18)27-21(31)14-34-25-29-22-19-4-2-3-5-20(19)28-23(22)24(32)30(25)17-10-6-15(26)7-11-17/h2-13,28H,14H2,1H3,(H,27,31). The van der Waals surface area contributed by atoms with Gasteiger partial charge in [-0.25, -0.2) is 9.37 Å². The molecule has 0 aliphatic heterocycles. The Morgan fingerprint density at radius 1 is 1.09 bits per heavy atom. The highest BCUT2D eigenvalue weighted by atomic mass is 32.2. The summed E-state index contributed by atoms with van der Waals surface area (Å²) in [5.74, 6) is 0.0404. The lowest BCUT2D eigenvalue weighted by Crippen LogP contribution is -2.23. The number of rotatable bonds is 6. The predicted octanol–water partition coefficient (Wildman–Crippen LogP) is 4.75. The molecule has 5 aromatic rings. The van der Waals surface area contributed by atoms with E-state index in [1.165, 1.54) is 28.8 Å². The van der Waals surface area contributed by atoms with Crippen molar-refractivity contribution in [3.8, 4) is 11.4 Å². The number of fused-ring (bicyclic) bond motifs is 3. The maximum atomic E-state index is 13.5. The van der Waals surface area contributed by atoms with Crippen LogP contribution in [0.4, 0.5) is 10.1 Å². The third kappa shape index (κ3) is 4.13. The molecule has 0 atom stereocenters. The molecule has 34 heavy (non-hydrogen) atoms. The summed E-state index contributed by atoms with van der Waals surface area (Å²) in [6, 6.07) is 20.1. The van der Waals surface area contributed by atoms with Crippen LogP contribution in [-0.4, -0.2) is 33.3 Å². The number of amides is 1. The van der Waals surface area contributed by atoms with Crippen LogP contribution in [0.5, 0.6) is 5.75 Å². The molecule has 0 saturated carbocycles. The van der Waals surface area contributed by atoms with E-state index < -0.39 is 5.82 Å². The van der Waals surface area contributed by atoms with E-state index in [0.29, 0.717) is 33.3 Å². The average molecular weight is 475 g/mol. The Labute approximate surface area is 197 Å². The number of nitrogens with one attached hydrogen (secondary N) is 2. The number of aromatic amines is 1. The van der Waals surface area contributed by atoms with E-state index in [0.717, 1.165) is 22.7 Å². The van der Waals surface area contributed by atoms with Crippen LogP contribution in [0.25, 0.3) is 27.6 Å². The topological polar surface area (TPSA) is 89.0 Å². The largest absolute Gasteiger partial charge is 0.497 e. The van der Waals surface area contributed by atoms with E-state index in [-0.39, 0.29) is 17.2 Å². The predicted molar refractivity (Wildman–Crippen MR) is 132 cm³/mol. The number of H-pyrrole nitrogens is 1. The SMILES string of the molecule is COc1ccc(NC(=O)CSc2nc3c([nH]c4ccccc43)c(=O)n2-c2ccc(F)cc2)cc1. The summed E-state index contributed by atoms with van der Waals surface area (Å²) in [6.45, 7) is 0. The van der Waals surface area contributed by atoms with Gasteiger partial charge in [0.05, 0.1) is 18.6 Å². The van der Waals surface area contributed by atoms with Gasteiger partial charge in [0.2, 0.25) is 5.91 Å². The first-order chi connectivity index (χ1) is 16.5. The van der Waals surface area contributed by atoms with Gasteiger partial charge in [-0.3, -0.25) is 14.2 Å². The highest BCUT2D eigenvalue weighted by molar-refractivity contribution is 7.99. The molecule has 2 aromatic heterocycles. The van der Waals surface area contributed by atoms with Crippen molar-refractivity contribution in [3.63, 3.8) is 0 Å². The minimum Gasteiger partial charge on any atom is -0.497 e. The number of hydrogen-bond donors (Lipinski definition) is 2. The molecule has 0 fully saturated rings. The maximum Gasteiger partial charge on any atom is 0.283 e. The van der Waals surface area contributed by atoms with Crippen molar-refractivity contribution in [2.75, 3.05) is 18.2 Å². The maximum absolute atomic E-state index is 13.5. The van der Waals surface area contributed by atoms with Crippen molar-refractivity contribution in [3.05, 3.63) is 89.0 Å². The van der Waals surface area contributed by atoms with E-state index in [2.05, 4.69) is 10.3 Å². The second-order valence-corrected chi connectivity index (χ2v) is 8.41. The number of carbonyl (C=O) groups excluding carboxylic acids is 1. The van der Waals surface area contributed by atoms with Crippen molar-refractivity contribution in [2.24, 2.45) is 0 Å². The van der Waals surface area contributed by atoms with Gasteiger partial charge >= 0.3 is 0 Å². The Morgan fingerprint density at radius 2 is 1.82 bits per heavy atom. The monoisotopic (exact) mass is 474 g/mol. The molecule has 2 N–H and O–H groups in total. The van der Waals surface area contributed by atoms with Gasteiger partial charge in [-0.1, -0.05) is 30.0 Å². The van der Waals surface area contributed by atoms with Crippen molar-refractivity contribution >= 4 is 45.3 Å². The molecule has 0 bridgehead atoms. The quantitative estimate of drug-likeness (QED) is 0.274. The van der Waals surface area contributed by atoms with Crippen LogP contribution in [0.1, 0.15) is 0 Å². The zero-order valence-electron chi connectivity index (χ0n) is 18.0. The number of methoxy groups -OCH3 is 1. The van der Waals surface area contributed by atoms with E-state index in [1.807, 2.05) is 24.3 Å². The lowest BCUT2D eigenvalue weighted by molar-refractivity contribution is -0.113. The Bertz CT molecular complexity index is 1560. The highest BCUT2D eigenvalue weighted by Gasteiger charge is 2.18. The van der Waals surface area contributed by atoms with E-state index >= 15 is 0 Å². The normalized spacial score (nSPS) is 11.1. The number of halogens is 1. The Hall–Kier alpha value is -4.11. The van der Waals surface area contributed by atoms with Gasteiger partial charge in [-0.05, 0) is 54.6 Å². The molecule has 0 radical (unpaired) electrons. The minimum absolute atomic E-state index is 0.0214. The first-order valence-electron chi connectivity index (χ1n) is 10.4. The number of carbonyl (C=O) groups is 1. The number of ether oxygens (including phenoxy) is 1. The number of hydrogen-bond acceptors (Lipinski definition) is 5. The molecule has 0 unspecified atom stereocenters. The first kappa shape index (κ1) is 21.7. The van der Waals surface area contributed by atoms with Crippen LogP contribution < -0.4 is 15.6 Å². The zero-order chi connectivity index (χ0) is 23.7. The van der Waals surface area contributed by atoms with Crippen LogP contribution >= 0.6 is 11.8 Å². The van der Waals surface area contributed by atoms with Crippen LogP contribution in [-0.2, 0) is 4.79 Å². The summed E-state index contributed by atoms with van der Waals surface area (Å²) in [6.07, 6.45) is 0. The number of anilines is 1. The summed E-state index contributed by atoms with van der Waals surface area (Å²) < 4.78 is 20.0. The third-order valence-electron chi connectivity index (χ3n) is 5.29. The van der Waals surface area contributed by atoms with Gasteiger partial charge in [-0.15, -0.1) is 0 Å². The number of aromatic nitrogens is 3. The van der Waals surface area contributed by atoms with Crippen LogP contribution in [0, 0.1) is 5.82 Å². The fraction of sp³-hybridized carbons (Fsp3) is 0.0800. The summed E-state index contributed by atoms with van der Waals surface area (Å²) in [7, 11) is 1.57. The number of nitrogens with zero attached hydrogens (tertiary/aromatic N) is 2. The minimum atomic E-state index is -0.412. The van der Waals surface area contributed by atoms with Gasteiger partial charge in [0.25, 0.3) is 5.56 Å². The Kier molecular flexibility index (Phi) is 5.77. The molecule has 0 aliphatic rings. The summed E-state index contributed by atoms with van der Waals surface area (Å²) in [4.78, 5) is 33.9. The molecule has 9 heteroatoms. The van der Waals surface area contributed by atoms with E-state index in [9.17, 15) is 14.0 Å². The van der Waals surface area contributed by atoms with Crippen LogP contribution in [0.15, 0.2) is 82.7 Å². The van der Waals surface area contributed by atoms with Crippen LogP contribution in [0.3, 0.4) is 0 Å². The van der Waals surface area contributed by atoms with Crippen molar-refractivity contribution in [2.45, 2.75) is 5.16 Å². The molecule has 5 rings (SSSR count). The molecule has 1 amide bonds. The fourth-order valence-electron chi connectivity index (χ4n) is 3.66. The van der Waals surface area contributed by atoms with Gasteiger partial charge < -0.3 is 15.0 Å². The second kappa shape index (κ2) is 9.03. The molecule has 3 aromatic carbocycles. The molecule has 170 valence electrons. The second-order valence-electron chi connectivity index (χ2n) is 7.47. The lowest BCUT2D eigenvalue weighted by atomic mass is 10.2. The molecule has 0 aliphatic carbocycles. The summed E-state index contributed by atoms with van der Waals surface area (Å²) in [5.41, 5.74) is 2.41. The summed E-state index contributed by atoms with van der Waals surface area (Å²) >= 11 is 1.13. The van der Waals surface area contributed by atoms with Crippen molar-refractivity contribution in [1.82, 2.24) is 14.5 Å². The molecular weight excluding hydrogens is 455 g/mol.